The second-order valence-corrected chi connectivity index (χ2v) is 6.96. The lowest BCUT2D eigenvalue weighted by Gasteiger charge is -2.15. The van der Waals surface area contributed by atoms with E-state index in [4.69, 9.17) is 4.74 Å². The molecule has 2 N–H and O–H groups in total. The zero-order valence-electron chi connectivity index (χ0n) is 15.1. The number of hydrogen-bond acceptors (Lipinski definition) is 4. The van der Waals surface area contributed by atoms with Crippen LogP contribution in [0.1, 0.15) is 35.7 Å². The van der Waals surface area contributed by atoms with E-state index >= 15 is 0 Å². The summed E-state index contributed by atoms with van der Waals surface area (Å²) in [6.45, 7) is 3.51. The molecule has 1 unspecified atom stereocenters. The third-order valence-corrected chi connectivity index (χ3v) is 4.25. The molecule has 0 radical (unpaired) electrons. The van der Waals surface area contributed by atoms with Crippen molar-refractivity contribution in [1.29, 1.82) is 0 Å². The smallest absolute Gasteiger partial charge is 0.279 e. The van der Waals surface area contributed by atoms with Gasteiger partial charge in [0.1, 0.15) is 5.75 Å². The molecule has 142 valence electrons. The minimum absolute atomic E-state index is 0.0200. The fraction of sp³-hybridized carbons (Fsp3) is 0.250. The molecule has 0 bridgehead atoms. The van der Waals surface area contributed by atoms with Crippen molar-refractivity contribution in [3.05, 3.63) is 64.1 Å². The van der Waals surface area contributed by atoms with E-state index in [0.717, 1.165) is 10.0 Å². The van der Waals surface area contributed by atoms with Crippen molar-refractivity contribution in [2.75, 3.05) is 0 Å². The number of ether oxygens (including phenoxy) is 1. The fourth-order valence-electron chi connectivity index (χ4n) is 2.20. The van der Waals surface area contributed by atoms with Gasteiger partial charge in [-0.1, -0.05) is 51.8 Å². The van der Waals surface area contributed by atoms with Crippen LogP contribution in [0.25, 0.3) is 0 Å². The predicted molar refractivity (Wildman–Crippen MR) is 105 cm³/mol. The maximum atomic E-state index is 12.0. The molecule has 0 aliphatic carbocycles. The molecular formula is C20H21BrN2O4. The van der Waals surface area contributed by atoms with E-state index in [1.165, 1.54) is 0 Å². The summed E-state index contributed by atoms with van der Waals surface area (Å²) in [4.78, 5) is 35.9. The lowest BCUT2D eigenvalue weighted by atomic mass is 10.1. The zero-order chi connectivity index (χ0) is 19.8. The summed E-state index contributed by atoms with van der Waals surface area (Å²) < 4.78 is 6.34. The molecule has 2 rings (SSSR count). The molecule has 0 aliphatic heterocycles. The van der Waals surface area contributed by atoms with Gasteiger partial charge in [0.05, 0.1) is 0 Å². The first-order valence-corrected chi connectivity index (χ1v) is 9.25. The number of Topliss-reactive ketones (excluding diaryl/α,β-unsaturated/α-hetero) is 1. The number of carbonyl (C=O) groups is 3. The van der Waals surface area contributed by atoms with Crippen LogP contribution in [-0.4, -0.2) is 23.7 Å². The van der Waals surface area contributed by atoms with Crippen molar-refractivity contribution >= 4 is 33.5 Å². The predicted octanol–water partition coefficient (Wildman–Crippen LogP) is 3.34. The van der Waals surface area contributed by atoms with Crippen LogP contribution in [0.4, 0.5) is 0 Å². The molecule has 0 spiro atoms. The Morgan fingerprint density at radius 1 is 1.04 bits per heavy atom. The molecular weight excluding hydrogens is 412 g/mol. The number of halogens is 1. The maximum absolute atomic E-state index is 12.0. The van der Waals surface area contributed by atoms with Gasteiger partial charge in [0, 0.05) is 22.9 Å². The topological polar surface area (TPSA) is 84.5 Å². The van der Waals surface area contributed by atoms with E-state index < -0.39 is 17.9 Å². The molecule has 2 amide bonds. The largest absolute Gasteiger partial charge is 0.481 e. The van der Waals surface area contributed by atoms with Crippen molar-refractivity contribution < 1.29 is 19.1 Å². The van der Waals surface area contributed by atoms with E-state index in [9.17, 15) is 14.4 Å². The summed E-state index contributed by atoms with van der Waals surface area (Å²) >= 11 is 3.32. The molecule has 1 atom stereocenters. The monoisotopic (exact) mass is 432 g/mol. The Morgan fingerprint density at radius 3 is 2.41 bits per heavy atom. The van der Waals surface area contributed by atoms with Crippen LogP contribution < -0.4 is 15.6 Å². The summed E-state index contributed by atoms with van der Waals surface area (Å²) in [6.07, 6.45) is -0.753. The number of aryl methyl sites for hydroxylation is 1. The van der Waals surface area contributed by atoms with Crippen LogP contribution >= 0.6 is 15.9 Å². The van der Waals surface area contributed by atoms with Gasteiger partial charge in [-0.2, -0.15) is 0 Å². The minimum atomic E-state index is -0.797. The average Bonchev–Trinajstić information content (AvgIpc) is 2.64. The molecule has 0 aromatic heterocycles. The Kier molecular flexibility index (Phi) is 7.55. The molecule has 0 saturated heterocycles. The highest BCUT2D eigenvalue weighted by atomic mass is 79.9. The fourth-order valence-corrected chi connectivity index (χ4v) is 2.58. The SMILES string of the molecule is Cc1ccc(C(=O)CCC(=O)NNC(=O)C(C)Oc2cccc(Br)c2)cc1. The number of amides is 2. The van der Waals surface area contributed by atoms with E-state index in [2.05, 4.69) is 26.8 Å². The number of nitrogens with one attached hydrogen (secondary N) is 2. The van der Waals surface area contributed by atoms with Crippen LogP contribution in [0.5, 0.6) is 5.75 Å². The third-order valence-electron chi connectivity index (χ3n) is 3.76. The third kappa shape index (κ3) is 6.86. The standard InChI is InChI=1S/C20H21BrN2O4/c1-13-6-8-15(9-7-13)18(24)10-11-19(25)22-23-20(26)14(2)27-17-5-3-4-16(21)12-17/h3-9,12,14H,10-11H2,1-2H3,(H,22,25)(H,23,26). The molecule has 0 fully saturated rings. The summed E-state index contributed by atoms with van der Waals surface area (Å²) in [5.41, 5.74) is 6.22. The van der Waals surface area contributed by atoms with Gasteiger partial charge in [0.25, 0.3) is 5.91 Å². The van der Waals surface area contributed by atoms with Crippen molar-refractivity contribution in [3.8, 4) is 5.75 Å². The Balaban J connectivity index is 1.73. The van der Waals surface area contributed by atoms with Gasteiger partial charge in [-0.05, 0) is 32.0 Å². The Bertz CT molecular complexity index is 821. The highest BCUT2D eigenvalue weighted by Gasteiger charge is 2.16. The molecule has 6 nitrogen and oxygen atoms in total. The van der Waals surface area contributed by atoms with Gasteiger partial charge in [0.15, 0.2) is 11.9 Å². The van der Waals surface area contributed by atoms with E-state index in [0.29, 0.717) is 11.3 Å². The first-order valence-electron chi connectivity index (χ1n) is 8.46. The summed E-state index contributed by atoms with van der Waals surface area (Å²) in [7, 11) is 0. The van der Waals surface area contributed by atoms with Crippen molar-refractivity contribution in [2.24, 2.45) is 0 Å². The van der Waals surface area contributed by atoms with Crippen molar-refractivity contribution in [1.82, 2.24) is 10.9 Å². The van der Waals surface area contributed by atoms with Crippen LogP contribution in [0, 0.1) is 6.92 Å². The minimum Gasteiger partial charge on any atom is -0.481 e. The lowest BCUT2D eigenvalue weighted by molar-refractivity contribution is -0.132. The molecule has 0 aliphatic rings. The van der Waals surface area contributed by atoms with Crippen molar-refractivity contribution in [2.45, 2.75) is 32.8 Å². The van der Waals surface area contributed by atoms with Crippen LogP contribution in [0.3, 0.4) is 0 Å². The zero-order valence-corrected chi connectivity index (χ0v) is 16.7. The van der Waals surface area contributed by atoms with Crippen LogP contribution in [0.2, 0.25) is 0 Å². The molecule has 0 heterocycles. The van der Waals surface area contributed by atoms with Gasteiger partial charge < -0.3 is 4.74 Å². The lowest BCUT2D eigenvalue weighted by Crippen LogP contribution is -2.47. The second kappa shape index (κ2) is 9.87. The average molecular weight is 433 g/mol. The summed E-state index contributed by atoms with van der Waals surface area (Å²) in [5, 5.41) is 0. The number of benzene rings is 2. The van der Waals surface area contributed by atoms with Gasteiger partial charge in [-0.15, -0.1) is 0 Å². The number of hydrogen-bond donors (Lipinski definition) is 2. The maximum Gasteiger partial charge on any atom is 0.279 e. The summed E-state index contributed by atoms with van der Waals surface area (Å²) in [6, 6.07) is 14.3. The summed E-state index contributed by atoms with van der Waals surface area (Å²) in [5.74, 6) is -0.531. The molecule has 2 aromatic carbocycles. The van der Waals surface area contributed by atoms with E-state index in [1.54, 1.807) is 37.3 Å². The van der Waals surface area contributed by atoms with Gasteiger partial charge in [0.2, 0.25) is 5.91 Å². The quantitative estimate of drug-likeness (QED) is 0.518. The van der Waals surface area contributed by atoms with E-state index in [-0.39, 0.29) is 18.6 Å². The highest BCUT2D eigenvalue weighted by molar-refractivity contribution is 9.10. The Morgan fingerprint density at radius 2 is 1.74 bits per heavy atom. The number of hydrazine groups is 1. The Hall–Kier alpha value is -2.67. The number of rotatable bonds is 7. The van der Waals surface area contributed by atoms with Gasteiger partial charge in [-0.3, -0.25) is 25.2 Å². The van der Waals surface area contributed by atoms with Crippen molar-refractivity contribution in [3.63, 3.8) is 0 Å². The molecule has 0 saturated carbocycles. The van der Waals surface area contributed by atoms with Gasteiger partial charge >= 0.3 is 0 Å². The molecule has 27 heavy (non-hydrogen) atoms. The Labute approximate surface area is 166 Å². The highest BCUT2D eigenvalue weighted by Crippen LogP contribution is 2.18. The normalized spacial score (nSPS) is 11.4. The molecule has 7 heteroatoms. The molecule has 2 aromatic rings. The van der Waals surface area contributed by atoms with Crippen LogP contribution in [-0.2, 0) is 9.59 Å². The number of ketones is 1. The van der Waals surface area contributed by atoms with E-state index in [1.807, 2.05) is 25.1 Å². The number of carbonyl (C=O) groups excluding carboxylic acids is 3. The first kappa shape index (κ1) is 20.6. The van der Waals surface area contributed by atoms with Crippen LogP contribution in [0.15, 0.2) is 53.0 Å². The first-order chi connectivity index (χ1) is 12.8. The van der Waals surface area contributed by atoms with Gasteiger partial charge in [-0.25, -0.2) is 0 Å². The second-order valence-electron chi connectivity index (χ2n) is 6.04.